The Morgan fingerprint density at radius 2 is 1.00 bits per heavy atom. The molecule has 52 heavy (non-hydrogen) atoms. The number of hydrogen-bond acceptors (Lipinski definition) is 4. The Bertz CT molecular complexity index is 3190. The lowest BCUT2D eigenvalue weighted by atomic mass is 10.0. The highest BCUT2D eigenvalue weighted by Crippen LogP contribution is 2.41. The highest BCUT2D eigenvalue weighted by atomic mass is 16.3. The molecule has 0 atom stereocenters. The molecule has 0 saturated heterocycles. The summed E-state index contributed by atoms with van der Waals surface area (Å²) in [6.45, 7) is 0. The fourth-order valence-corrected chi connectivity index (χ4v) is 7.83. The van der Waals surface area contributed by atoms with Crippen LogP contribution in [0.2, 0.25) is 0 Å². The molecule has 0 bridgehead atoms. The van der Waals surface area contributed by atoms with Gasteiger partial charge in [0.25, 0.3) is 0 Å². The number of furan rings is 1. The molecule has 0 saturated carbocycles. The third kappa shape index (κ3) is 4.39. The van der Waals surface area contributed by atoms with E-state index >= 15 is 0 Å². The van der Waals surface area contributed by atoms with Crippen molar-refractivity contribution in [2.75, 3.05) is 0 Å². The molecule has 0 aliphatic carbocycles. The molecule has 8 aromatic carbocycles. The van der Waals surface area contributed by atoms with Gasteiger partial charge in [-0.1, -0.05) is 121 Å². The molecule has 0 N–H and O–H groups in total. The minimum absolute atomic E-state index is 0.596. The topological polar surface area (TPSA) is 56.7 Å². The molecule has 5 nitrogen and oxygen atoms in total. The molecular formula is C47H28N4O. The lowest BCUT2D eigenvalue weighted by Gasteiger charge is -2.11. The number of hydrogen-bond donors (Lipinski definition) is 0. The Balaban J connectivity index is 1.22. The van der Waals surface area contributed by atoms with Crippen molar-refractivity contribution in [1.29, 1.82) is 0 Å². The molecule has 0 radical (unpaired) electrons. The summed E-state index contributed by atoms with van der Waals surface area (Å²) in [4.78, 5) is 15.8. The van der Waals surface area contributed by atoms with Gasteiger partial charge in [0.05, 0.1) is 11.0 Å². The van der Waals surface area contributed by atoms with Crippen LogP contribution in [0.5, 0.6) is 0 Å². The molecule has 11 aromatic rings. The molecule has 3 heterocycles. The Morgan fingerprint density at radius 3 is 1.81 bits per heavy atom. The second kappa shape index (κ2) is 11.2. The first-order valence-corrected chi connectivity index (χ1v) is 17.4. The van der Waals surface area contributed by atoms with E-state index < -0.39 is 0 Å². The van der Waals surface area contributed by atoms with Gasteiger partial charge in [-0.05, 0) is 70.1 Å². The summed E-state index contributed by atoms with van der Waals surface area (Å²) in [6.07, 6.45) is 0. The first kappa shape index (κ1) is 28.7. The maximum Gasteiger partial charge on any atom is 0.164 e. The van der Waals surface area contributed by atoms with Crippen molar-refractivity contribution in [1.82, 2.24) is 19.5 Å². The van der Waals surface area contributed by atoms with Gasteiger partial charge in [0, 0.05) is 43.9 Å². The van der Waals surface area contributed by atoms with Crippen molar-refractivity contribution in [2.24, 2.45) is 0 Å². The number of rotatable bonds is 4. The monoisotopic (exact) mass is 664 g/mol. The molecule has 0 unspecified atom stereocenters. The van der Waals surface area contributed by atoms with Gasteiger partial charge < -0.3 is 8.98 Å². The summed E-state index contributed by atoms with van der Waals surface area (Å²) in [7, 11) is 0. The minimum Gasteiger partial charge on any atom is -0.456 e. The van der Waals surface area contributed by atoms with Crippen LogP contribution in [0.15, 0.2) is 174 Å². The Hall–Kier alpha value is -7.11. The van der Waals surface area contributed by atoms with Crippen LogP contribution in [0.4, 0.5) is 0 Å². The van der Waals surface area contributed by atoms with Gasteiger partial charge in [0.15, 0.2) is 17.5 Å². The van der Waals surface area contributed by atoms with Crippen molar-refractivity contribution < 1.29 is 4.42 Å². The van der Waals surface area contributed by atoms with Gasteiger partial charge in [-0.3, -0.25) is 0 Å². The summed E-state index contributed by atoms with van der Waals surface area (Å²) in [6, 6.07) is 59.1. The molecule has 5 heteroatoms. The molecule has 0 spiro atoms. The lowest BCUT2D eigenvalue weighted by molar-refractivity contribution is 0.669. The normalized spacial score (nSPS) is 11.8. The smallest absolute Gasteiger partial charge is 0.164 e. The van der Waals surface area contributed by atoms with Crippen LogP contribution in [0.3, 0.4) is 0 Å². The van der Waals surface area contributed by atoms with E-state index in [2.05, 4.69) is 162 Å². The Morgan fingerprint density at radius 1 is 0.385 bits per heavy atom. The van der Waals surface area contributed by atoms with Crippen molar-refractivity contribution in [2.45, 2.75) is 0 Å². The third-order valence-corrected chi connectivity index (χ3v) is 10.2. The van der Waals surface area contributed by atoms with Crippen LogP contribution in [0.1, 0.15) is 0 Å². The maximum atomic E-state index is 6.48. The van der Waals surface area contributed by atoms with Crippen LogP contribution < -0.4 is 0 Å². The Labute approximate surface area is 298 Å². The van der Waals surface area contributed by atoms with Gasteiger partial charge in [-0.2, -0.15) is 0 Å². The van der Waals surface area contributed by atoms with E-state index in [4.69, 9.17) is 19.4 Å². The van der Waals surface area contributed by atoms with Crippen LogP contribution >= 0.6 is 0 Å². The van der Waals surface area contributed by atoms with Crippen molar-refractivity contribution in [3.05, 3.63) is 170 Å². The van der Waals surface area contributed by atoms with E-state index in [0.717, 1.165) is 82.3 Å². The van der Waals surface area contributed by atoms with E-state index in [0.29, 0.717) is 17.5 Å². The average Bonchev–Trinajstić information content (AvgIpc) is 3.75. The number of nitrogens with zero attached hydrogens (tertiary/aromatic N) is 4. The third-order valence-electron chi connectivity index (χ3n) is 10.2. The summed E-state index contributed by atoms with van der Waals surface area (Å²) in [5.41, 5.74) is 7.73. The second-order valence-corrected chi connectivity index (χ2v) is 13.2. The average molecular weight is 665 g/mol. The molecular weight excluding hydrogens is 637 g/mol. The first-order valence-electron chi connectivity index (χ1n) is 17.4. The fraction of sp³-hybridized carbons (Fsp3) is 0. The lowest BCUT2D eigenvalue weighted by Crippen LogP contribution is -2.01. The van der Waals surface area contributed by atoms with E-state index in [1.807, 2.05) is 12.1 Å². The zero-order valence-electron chi connectivity index (χ0n) is 27.9. The zero-order chi connectivity index (χ0) is 34.2. The largest absolute Gasteiger partial charge is 0.456 e. The maximum absolute atomic E-state index is 6.48. The van der Waals surface area contributed by atoms with Crippen LogP contribution in [0.25, 0.3) is 105 Å². The molecule has 242 valence electrons. The van der Waals surface area contributed by atoms with Crippen LogP contribution in [0, 0.1) is 0 Å². The van der Waals surface area contributed by atoms with Crippen molar-refractivity contribution >= 4 is 65.3 Å². The molecule has 3 aromatic heterocycles. The summed E-state index contributed by atoms with van der Waals surface area (Å²) < 4.78 is 8.80. The van der Waals surface area contributed by atoms with E-state index in [1.165, 1.54) is 5.39 Å². The minimum atomic E-state index is 0.596. The molecule has 0 aliphatic heterocycles. The van der Waals surface area contributed by atoms with E-state index in [9.17, 15) is 0 Å². The number of fused-ring (bicyclic) bond motifs is 8. The molecule has 0 amide bonds. The van der Waals surface area contributed by atoms with E-state index in [-0.39, 0.29) is 0 Å². The summed E-state index contributed by atoms with van der Waals surface area (Å²) >= 11 is 0. The second-order valence-electron chi connectivity index (χ2n) is 13.2. The van der Waals surface area contributed by atoms with Gasteiger partial charge in [0.2, 0.25) is 0 Å². The van der Waals surface area contributed by atoms with Crippen molar-refractivity contribution in [3.8, 4) is 39.9 Å². The fourth-order valence-electron chi connectivity index (χ4n) is 7.83. The van der Waals surface area contributed by atoms with E-state index in [1.54, 1.807) is 0 Å². The van der Waals surface area contributed by atoms with Gasteiger partial charge in [-0.25, -0.2) is 15.0 Å². The van der Waals surface area contributed by atoms with Crippen LogP contribution in [-0.2, 0) is 0 Å². The van der Waals surface area contributed by atoms with Crippen molar-refractivity contribution in [3.63, 3.8) is 0 Å². The predicted octanol–water partition coefficient (Wildman–Crippen LogP) is 12.2. The summed E-state index contributed by atoms with van der Waals surface area (Å²) in [5.74, 6) is 1.83. The first-order chi connectivity index (χ1) is 25.8. The van der Waals surface area contributed by atoms with Gasteiger partial charge >= 0.3 is 0 Å². The van der Waals surface area contributed by atoms with Gasteiger partial charge in [-0.15, -0.1) is 0 Å². The summed E-state index contributed by atoms with van der Waals surface area (Å²) in [5, 5.41) is 8.85. The zero-order valence-corrected chi connectivity index (χ0v) is 27.9. The number of benzene rings is 8. The van der Waals surface area contributed by atoms with Crippen LogP contribution in [-0.4, -0.2) is 19.5 Å². The molecule has 11 rings (SSSR count). The standard InChI is InChI=1S/C47H28N4O/c1-2-16-34(17-3-1)51-39-21-9-8-18-35(39)43-36(19-10-22-40(43)51)46-48-45(33-25-24-29-12-4-5-13-30(29)26-33)49-47(50-46)37-20-11-23-41-44(37)38-27-31-14-6-7-15-32(31)28-42(38)52-41/h1-28H. The molecule has 0 aliphatic rings. The number of para-hydroxylation sites is 2. The molecule has 0 fully saturated rings. The SMILES string of the molecule is c1ccc(-n2c3ccccc3c3c(-c4nc(-c5ccc6ccccc6c5)nc(-c5cccc6oc7cc8ccccc8cc7c56)n4)cccc32)cc1. The Kier molecular flexibility index (Phi) is 6.18. The highest BCUT2D eigenvalue weighted by molar-refractivity contribution is 6.16. The highest BCUT2D eigenvalue weighted by Gasteiger charge is 2.21. The predicted molar refractivity (Wildman–Crippen MR) is 213 cm³/mol. The quantitative estimate of drug-likeness (QED) is 0.188. The number of aromatic nitrogens is 4. The van der Waals surface area contributed by atoms with Gasteiger partial charge in [0.1, 0.15) is 11.2 Å².